The maximum Gasteiger partial charge on any atom is 0.263 e. The molecule has 1 aromatic carbocycles. The molecule has 0 saturated carbocycles. The van der Waals surface area contributed by atoms with Gasteiger partial charge >= 0.3 is 0 Å². The summed E-state index contributed by atoms with van der Waals surface area (Å²) in [5, 5.41) is 0. The smallest absolute Gasteiger partial charge is 0.263 e. The van der Waals surface area contributed by atoms with Crippen LogP contribution in [0.2, 0.25) is 0 Å². The third-order valence-electron chi connectivity index (χ3n) is 2.30. The molecule has 0 radical (unpaired) electrons. The molecule has 3 heteroatoms. The number of nitrogens with two attached hydrogens (primary N) is 1. The Kier molecular flexibility index (Phi) is 3.97. The minimum absolute atomic E-state index is 0.0141. The van der Waals surface area contributed by atoms with E-state index in [1.54, 1.807) is 12.1 Å². The lowest BCUT2D eigenvalue weighted by molar-refractivity contribution is 0.151. The number of alkyl halides is 2. The van der Waals surface area contributed by atoms with E-state index in [-0.39, 0.29) is 11.6 Å². The molecule has 0 amide bonds. The van der Waals surface area contributed by atoms with Crippen molar-refractivity contribution in [3.63, 3.8) is 0 Å². The first-order chi connectivity index (χ1) is 7.00. The fraction of sp³-hybridized carbons (Fsp3) is 0.333. The van der Waals surface area contributed by atoms with E-state index in [0.717, 1.165) is 11.1 Å². The van der Waals surface area contributed by atoms with Crippen molar-refractivity contribution in [1.29, 1.82) is 0 Å². The van der Waals surface area contributed by atoms with E-state index < -0.39 is 6.43 Å². The van der Waals surface area contributed by atoms with Gasteiger partial charge in [0.2, 0.25) is 0 Å². The van der Waals surface area contributed by atoms with Gasteiger partial charge in [-0.2, -0.15) is 0 Å². The Labute approximate surface area is 88.6 Å². The molecule has 0 aliphatic heterocycles. The summed E-state index contributed by atoms with van der Waals surface area (Å²) in [4.78, 5) is 0. The second-order valence-corrected chi connectivity index (χ2v) is 3.64. The summed E-state index contributed by atoms with van der Waals surface area (Å²) in [5.74, 6) is 0. The quantitative estimate of drug-likeness (QED) is 0.815. The van der Waals surface area contributed by atoms with Crippen LogP contribution < -0.4 is 5.73 Å². The monoisotopic (exact) mass is 211 g/mol. The molecule has 0 bridgehead atoms. The highest BCUT2D eigenvalue weighted by Crippen LogP contribution is 2.19. The highest BCUT2D eigenvalue weighted by atomic mass is 19.3. The Morgan fingerprint density at radius 1 is 1.27 bits per heavy atom. The van der Waals surface area contributed by atoms with Gasteiger partial charge in [0.1, 0.15) is 0 Å². The number of rotatable bonds is 3. The van der Waals surface area contributed by atoms with Gasteiger partial charge in [0, 0.05) is 11.6 Å². The van der Waals surface area contributed by atoms with Crippen molar-refractivity contribution < 1.29 is 8.78 Å². The van der Waals surface area contributed by atoms with Gasteiger partial charge in [0.25, 0.3) is 6.43 Å². The Morgan fingerprint density at radius 2 is 1.80 bits per heavy atom. The van der Waals surface area contributed by atoms with Crippen LogP contribution in [-0.2, 0) is 0 Å². The number of halogens is 2. The molecule has 1 atom stereocenters. The van der Waals surface area contributed by atoms with E-state index in [2.05, 4.69) is 0 Å². The van der Waals surface area contributed by atoms with E-state index >= 15 is 0 Å². The molecule has 0 aromatic heterocycles. The predicted octanol–water partition coefficient (Wildman–Crippen LogP) is 3.37. The molecule has 0 aliphatic rings. The third kappa shape index (κ3) is 3.44. The molecule has 1 rings (SSSR count). The average Bonchev–Trinajstić information content (AvgIpc) is 2.18. The maximum atomic E-state index is 12.3. The SMILES string of the molecule is C/C(=C\c1ccc(C(F)F)cc1)C(C)N. The molecule has 0 heterocycles. The van der Waals surface area contributed by atoms with Crippen molar-refractivity contribution in [3.05, 3.63) is 41.0 Å². The van der Waals surface area contributed by atoms with Crippen LogP contribution in [0.3, 0.4) is 0 Å². The molecule has 2 N–H and O–H groups in total. The summed E-state index contributed by atoms with van der Waals surface area (Å²) in [6.07, 6.45) is -0.502. The predicted molar refractivity (Wildman–Crippen MR) is 58.7 cm³/mol. The van der Waals surface area contributed by atoms with Crippen LogP contribution in [0.5, 0.6) is 0 Å². The highest BCUT2D eigenvalue weighted by Gasteiger charge is 2.05. The Morgan fingerprint density at radius 3 is 2.20 bits per heavy atom. The zero-order valence-corrected chi connectivity index (χ0v) is 8.87. The van der Waals surface area contributed by atoms with Gasteiger partial charge in [0.05, 0.1) is 0 Å². The molecule has 1 nitrogen and oxygen atoms in total. The number of hydrogen-bond donors (Lipinski definition) is 1. The van der Waals surface area contributed by atoms with Crippen LogP contribution in [-0.4, -0.2) is 6.04 Å². The summed E-state index contributed by atoms with van der Waals surface area (Å²) < 4.78 is 24.5. The first-order valence-electron chi connectivity index (χ1n) is 4.82. The van der Waals surface area contributed by atoms with Crippen molar-refractivity contribution in [2.24, 2.45) is 5.73 Å². The normalized spacial score (nSPS) is 14.4. The van der Waals surface area contributed by atoms with Gasteiger partial charge in [-0.25, -0.2) is 8.78 Å². The van der Waals surface area contributed by atoms with Gasteiger partial charge < -0.3 is 5.73 Å². The molecule has 0 aliphatic carbocycles. The fourth-order valence-corrected chi connectivity index (χ4v) is 1.13. The summed E-state index contributed by atoms with van der Waals surface area (Å²) in [6, 6.07) is 6.20. The van der Waals surface area contributed by atoms with Gasteiger partial charge in [-0.1, -0.05) is 35.9 Å². The van der Waals surface area contributed by atoms with Gasteiger partial charge in [-0.3, -0.25) is 0 Å². The molecule has 1 aromatic rings. The molecule has 0 spiro atoms. The Balaban J connectivity index is 2.85. The van der Waals surface area contributed by atoms with Crippen molar-refractivity contribution in [3.8, 4) is 0 Å². The zero-order chi connectivity index (χ0) is 11.4. The van der Waals surface area contributed by atoms with Gasteiger partial charge in [-0.15, -0.1) is 0 Å². The molecular formula is C12H15F2N. The van der Waals surface area contributed by atoms with Crippen molar-refractivity contribution in [2.45, 2.75) is 26.3 Å². The number of hydrogen-bond acceptors (Lipinski definition) is 1. The molecule has 0 fully saturated rings. The highest BCUT2D eigenvalue weighted by molar-refractivity contribution is 5.53. The van der Waals surface area contributed by atoms with Crippen molar-refractivity contribution in [2.75, 3.05) is 0 Å². The third-order valence-corrected chi connectivity index (χ3v) is 2.30. The molecule has 82 valence electrons. The standard InChI is InChI=1S/C12H15F2N/c1-8(9(2)15)7-10-3-5-11(6-4-10)12(13)14/h3-7,9,12H,15H2,1-2H3/b8-7+. The van der Waals surface area contributed by atoms with Crippen LogP contribution in [0.25, 0.3) is 6.08 Å². The van der Waals surface area contributed by atoms with Crippen molar-refractivity contribution in [1.82, 2.24) is 0 Å². The van der Waals surface area contributed by atoms with E-state index in [9.17, 15) is 8.78 Å². The van der Waals surface area contributed by atoms with Crippen LogP contribution in [0.15, 0.2) is 29.8 Å². The van der Waals surface area contributed by atoms with Crippen LogP contribution in [0, 0.1) is 0 Å². The van der Waals surface area contributed by atoms with E-state index in [4.69, 9.17) is 5.73 Å². The molecule has 1 unspecified atom stereocenters. The number of benzene rings is 1. The first kappa shape index (κ1) is 11.9. The van der Waals surface area contributed by atoms with E-state index in [1.807, 2.05) is 19.9 Å². The Bertz CT molecular complexity index is 339. The zero-order valence-electron chi connectivity index (χ0n) is 8.87. The van der Waals surface area contributed by atoms with Gasteiger partial charge in [0.15, 0.2) is 0 Å². The maximum absolute atomic E-state index is 12.3. The second kappa shape index (κ2) is 5.03. The molecular weight excluding hydrogens is 196 g/mol. The lowest BCUT2D eigenvalue weighted by Crippen LogP contribution is -2.15. The lowest BCUT2D eigenvalue weighted by Gasteiger charge is -2.05. The van der Waals surface area contributed by atoms with Crippen LogP contribution in [0.4, 0.5) is 8.78 Å². The van der Waals surface area contributed by atoms with E-state index in [0.29, 0.717) is 0 Å². The minimum Gasteiger partial charge on any atom is -0.324 e. The van der Waals surface area contributed by atoms with Crippen molar-refractivity contribution >= 4 is 6.08 Å². The van der Waals surface area contributed by atoms with Gasteiger partial charge in [-0.05, 0) is 19.4 Å². The summed E-state index contributed by atoms with van der Waals surface area (Å²) in [6.45, 7) is 3.81. The lowest BCUT2D eigenvalue weighted by atomic mass is 10.1. The Hall–Kier alpha value is -1.22. The summed E-state index contributed by atoms with van der Waals surface area (Å²) in [5.41, 5.74) is 7.65. The topological polar surface area (TPSA) is 26.0 Å². The van der Waals surface area contributed by atoms with Crippen LogP contribution >= 0.6 is 0 Å². The average molecular weight is 211 g/mol. The fourth-order valence-electron chi connectivity index (χ4n) is 1.13. The van der Waals surface area contributed by atoms with Crippen LogP contribution in [0.1, 0.15) is 31.4 Å². The minimum atomic E-state index is -2.41. The first-order valence-corrected chi connectivity index (χ1v) is 4.82. The summed E-state index contributed by atoms with van der Waals surface area (Å²) in [7, 11) is 0. The van der Waals surface area contributed by atoms with E-state index in [1.165, 1.54) is 12.1 Å². The molecule has 15 heavy (non-hydrogen) atoms. The molecule has 0 saturated heterocycles. The second-order valence-electron chi connectivity index (χ2n) is 3.64. The largest absolute Gasteiger partial charge is 0.324 e. The summed E-state index contributed by atoms with van der Waals surface area (Å²) >= 11 is 0.